The second kappa shape index (κ2) is 5.39. The molecule has 2 rings (SSSR count). The number of sulfonamides is 1. The third-order valence-corrected chi connectivity index (χ3v) is 4.90. The lowest BCUT2D eigenvalue weighted by atomic mass is 10.2. The van der Waals surface area contributed by atoms with Gasteiger partial charge in [0.1, 0.15) is 5.82 Å². The predicted molar refractivity (Wildman–Crippen MR) is 70.6 cm³/mol. The van der Waals surface area contributed by atoms with Crippen LogP contribution in [0.4, 0.5) is 0 Å². The van der Waals surface area contributed by atoms with E-state index in [0.717, 1.165) is 0 Å². The Morgan fingerprint density at radius 2 is 2.32 bits per heavy atom. The van der Waals surface area contributed by atoms with Gasteiger partial charge in [-0.1, -0.05) is 12.1 Å². The topological polar surface area (TPSA) is 106 Å². The van der Waals surface area contributed by atoms with Gasteiger partial charge in [-0.15, -0.1) is 5.10 Å². The highest BCUT2D eigenvalue weighted by Crippen LogP contribution is 2.21. The Bertz CT molecular complexity index is 631. The Kier molecular flexibility index (Phi) is 4.02. The summed E-state index contributed by atoms with van der Waals surface area (Å²) in [6.07, 6.45) is 3.79. The van der Waals surface area contributed by atoms with Gasteiger partial charge in [-0.3, -0.25) is 0 Å². The summed E-state index contributed by atoms with van der Waals surface area (Å²) in [7, 11) is -2.22. The summed E-state index contributed by atoms with van der Waals surface area (Å²) < 4.78 is 28.6. The molecule has 2 aromatic heterocycles. The predicted octanol–water partition coefficient (Wildman–Crippen LogP) is 0.730. The number of rotatable bonds is 5. The van der Waals surface area contributed by atoms with E-state index in [2.05, 4.69) is 40.9 Å². The lowest BCUT2D eigenvalue weighted by Gasteiger charge is -2.14. The van der Waals surface area contributed by atoms with Crippen molar-refractivity contribution in [1.29, 1.82) is 0 Å². The molecule has 0 bridgehead atoms. The molecule has 19 heavy (non-hydrogen) atoms. The van der Waals surface area contributed by atoms with Gasteiger partial charge in [0.2, 0.25) is 5.03 Å². The number of aromatic amines is 1. The first-order valence-electron chi connectivity index (χ1n) is 5.52. The van der Waals surface area contributed by atoms with E-state index < -0.39 is 16.1 Å². The first-order chi connectivity index (χ1) is 8.95. The number of imidazole rings is 1. The lowest BCUT2D eigenvalue weighted by molar-refractivity contribution is 0.526. The normalized spacial score (nSPS) is 13.6. The van der Waals surface area contributed by atoms with Gasteiger partial charge < -0.3 is 4.98 Å². The molecular weight excluding hydrogens is 336 g/mol. The third kappa shape index (κ3) is 2.85. The van der Waals surface area contributed by atoms with Crippen molar-refractivity contribution in [3.05, 3.63) is 22.8 Å². The van der Waals surface area contributed by atoms with Gasteiger partial charge in [-0.2, -0.15) is 4.72 Å². The highest BCUT2D eigenvalue weighted by molar-refractivity contribution is 9.10. The molecule has 0 radical (unpaired) electrons. The van der Waals surface area contributed by atoms with E-state index in [9.17, 15) is 8.42 Å². The van der Waals surface area contributed by atoms with Crippen LogP contribution in [0.25, 0.3) is 0 Å². The van der Waals surface area contributed by atoms with Crippen LogP contribution in [-0.2, 0) is 17.1 Å². The van der Waals surface area contributed by atoms with Gasteiger partial charge in [0, 0.05) is 19.4 Å². The van der Waals surface area contributed by atoms with E-state index in [-0.39, 0.29) is 9.63 Å². The maximum atomic E-state index is 12.3. The van der Waals surface area contributed by atoms with E-state index in [1.54, 1.807) is 12.4 Å². The number of H-pyrrole nitrogens is 1. The minimum atomic E-state index is -3.73. The zero-order valence-electron chi connectivity index (χ0n) is 10.3. The number of hydrogen-bond acceptors (Lipinski definition) is 5. The fourth-order valence-corrected chi connectivity index (χ4v) is 4.03. The molecule has 2 aromatic rings. The minimum Gasteiger partial charge on any atom is -0.347 e. The standard InChI is InChI=1S/C9H13BrN6O2S/c1-3-6(8-11-4-5-12-8)14-19(17,18)9-7(10)13-15-16(9)2/h4-6,14H,3H2,1-2H3,(H,11,12). The smallest absolute Gasteiger partial charge is 0.261 e. The van der Waals surface area contributed by atoms with Crippen molar-refractivity contribution in [3.63, 3.8) is 0 Å². The van der Waals surface area contributed by atoms with E-state index in [4.69, 9.17) is 0 Å². The van der Waals surface area contributed by atoms with Crippen LogP contribution in [-0.4, -0.2) is 33.4 Å². The summed E-state index contributed by atoms with van der Waals surface area (Å²) in [5.74, 6) is 0.567. The number of hydrogen-bond donors (Lipinski definition) is 2. The number of aryl methyl sites for hydroxylation is 1. The molecule has 0 amide bonds. The Labute approximate surface area is 118 Å². The van der Waals surface area contributed by atoms with E-state index in [0.29, 0.717) is 12.2 Å². The van der Waals surface area contributed by atoms with Crippen molar-refractivity contribution < 1.29 is 8.42 Å². The number of nitrogens with one attached hydrogen (secondary N) is 2. The van der Waals surface area contributed by atoms with Crippen LogP contribution in [0.2, 0.25) is 0 Å². The van der Waals surface area contributed by atoms with Crippen molar-refractivity contribution in [2.75, 3.05) is 0 Å². The first-order valence-corrected chi connectivity index (χ1v) is 7.80. The van der Waals surface area contributed by atoms with E-state index in [1.807, 2.05) is 6.92 Å². The summed E-state index contributed by atoms with van der Waals surface area (Å²) in [5, 5.41) is 7.30. The second-order valence-corrected chi connectivity index (χ2v) is 6.25. The molecule has 2 N–H and O–H groups in total. The zero-order chi connectivity index (χ0) is 14.0. The van der Waals surface area contributed by atoms with Crippen LogP contribution in [0, 0.1) is 0 Å². The summed E-state index contributed by atoms with van der Waals surface area (Å²) >= 11 is 3.08. The van der Waals surface area contributed by atoms with Gasteiger partial charge in [0.25, 0.3) is 10.0 Å². The van der Waals surface area contributed by atoms with Crippen LogP contribution in [0.15, 0.2) is 22.0 Å². The quantitative estimate of drug-likeness (QED) is 0.828. The lowest BCUT2D eigenvalue weighted by Crippen LogP contribution is -2.30. The first kappa shape index (κ1) is 14.2. The SMILES string of the molecule is CCC(NS(=O)(=O)c1c(Br)nnn1C)c1ncc[nH]1. The van der Waals surface area contributed by atoms with Crippen LogP contribution < -0.4 is 4.72 Å². The third-order valence-electron chi connectivity index (χ3n) is 2.55. The summed E-state index contributed by atoms with van der Waals surface area (Å²) in [4.78, 5) is 6.96. The molecule has 1 atom stereocenters. The Morgan fingerprint density at radius 1 is 1.58 bits per heavy atom. The molecule has 0 aliphatic carbocycles. The summed E-state index contributed by atoms with van der Waals surface area (Å²) in [5.41, 5.74) is 0. The number of halogens is 1. The monoisotopic (exact) mass is 348 g/mol. The van der Waals surface area contributed by atoms with Crippen LogP contribution >= 0.6 is 15.9 Å². The highest BCUT2D eigenvalue weighted by atomic mass is 79.9. The average molecular weight is 349 g/mol. The van der Waals surface area contributed by atoms with Crippen molar-refractivity contribution in [3.8, 4) is 0 Å². The molecule has 0 fully saturated rings. The molecule has 0 aliphatic heterocycles. The maximum Gasteiger partial charge on any atom is 0.261 e. The largest absolute Gasteiger partial charge is 0.347 e. The van der Waals surface area contributed by atoms with Crippen LogP contribution in [0.1, 0.15) is 25.2 Å². The van der Waals surface area contributed by atoms with E-state index >= 15 is 0 Å². The van der Waals surface area contributed by atoms with Crippen molar-refractivity contribution in [2.24, 2.45) is 7.05 Å². The van der Waals surface area contributed by atoms with Gasteiger partial charge in [0.15, 0.2) is 4.60 Å². The second-order valence-electron chi connectivity index (χ2n) is 3.87. The molecule has 0 aliphatic rings. The van der Waals surface area contributed by atoms with E-state index in [1.165, 1.54) is 11.7 Å². The fraction of sp³-hybridized carbons (Fsp3) is 0.444. The molecule has 104 valence electrons. The molecule has 0 saturated heterocycles. The molecule has 0 saturated carbocycles. The Morgan fingerprint density at radius 3 is 2.79 bits per heavy atom. The highest BCUT2D eigenvalue weighted by Gasteiger charge is 2.27. The Hall–Kier alpha value is -1.26. The van der Waals surface area contributed by atoms with Gasteiger partial charge in [-0.05, 0) is 22.4 Å². The molecule has 1 unspecified atom stereocenters. The van der Waals surface area contributed by atoms with Crippen molar-refractivity contribution >= 4 is 26.0 Å². The van der Waals surface area contributed by atoms with Gasteiger partial charge in [0.05, 0.1) is 6.04 Å². The van der Waals surface area contributed by atoms with Crippen LogP contribution in [0.5, 0.6) is 0 Å². The Balaban J connectivity index is 2.31. The average Bonchev–Trinajstić information content (AvgIpc) is 2.96. The molecule has 0 spiro atoms. The zero-order valence-corrected chi connectivity index (χ0v) is 12.7. The van der Waals surface area contributed by atoms with Crippen LogP contribution in [0.3, 0.4) is 0 Å². The molecule has 8 nitrogen and oxygen atoms in total. The van der Waals surface area contributed by atoms with Gasteiger partial charge >= 0.3 is 0 Å². The molecule has 10 heteroatoms. The maximum absolute atomic E-state index is 12.3. The molecular formula is C9H13BrN6O2S. The number of nitrogens with zero attached hydrogens (tertiary/aromatic N) is 4. The molecule has 0 aromatic carbocycles. The number of aromatic nitrogens is 5. The molecule has 2 heterocycles. The van der Waals surface area contributed by atoms with Crippen molar-refractivity contribution in [1.82, 2.24) is 29.7 Å². The van der Waals surface area contributed by atoms with Crippen molar-refractivity contribution in [2.45, 2.75) is 24.4 Å². The minimum absolute atomic E-state index is 0.0162. The summed E-state index contributed by atoms with van der Waals surface area (Å²) in [6.45, 7) is 1.87. The fourth-order valence-electron chi connectivity index (χ4n) is 1.65. The van der Waals surface area contributed by atoms with Gasteiger partial charge in [-0.25, -0.2) is 18.1 Å². The summed E-state index contributed by atoms with van der Waals surface area (Å²) in [6, 6.07) is -0.429.